The fourth-order valence-electron chi connectivity index (χ4n) is 2.75. The quantitative estimate of drug-likeness (QED) is 0.897. The molecule has 2 rings (SSSR count). The molecule has 1 saturated carbocycles. The number of rotatable bonds is 4. The second kappa shape index (κ2) is 5.09. The molecule has 5 heteroatoms. The predicted molar refractivity (Wildman–Crippen MR) is 76.4 cm³/mol. The van der Waals surface area contributed by atoms with Gasteiger partial charge < -0.3 is 10.4 Å². The lowest BCUT2D eigenvalue weighted by Gasteiger charge is -2.15. The summed E-state index contributed by atoms with van der Waals surface area (Å²) in [5.74, 6) is -2.20. The highest BCUT2D eigenvalue weighted by atomic mass is 35.5. The van der Waals surface area contributed by atoms with Crippen LogP contribution in [0.1, 0.15) is 32.4 Å². The van der Waals surface area contributed by atoms with Crippen molar-refractivity contribution in [3.8, 4) is 0 Å². The molecular formula is C15H18ClNO3. The topological polar surface area (TPSA) is 66.4 Å². The third-order valence-electron chi connectivity index (χ3n) is 4.08. The van der Waals surface area contributed by atoms with E-state index in [0.29, 0.717) is 5.02 Å². The molecular weight excluding hydrogens is 278 g/mol. The minimum atomic E-state index is -0.912. The summed E-state index contributed by atoms with van der Waals surface area (Å²) in [6, 6.07) is 7.06. The van der Waals surface area contributed by atoms with E-state index in [2.05, 4.69) is 5.32 Å². The minimum Gasteiger partial charge on any atom is -0.481 e. The molecule has 1 aromatic rings. The molecule has 0 heterocycles. The van der Waals surface area contributed by atoms with Crippen LogP contribution in [0.15, 0.2) is 24.3 Å². The maximum atomic E-state index is 12.2. The maximum absolute atomic E-state index is 12.2. The van der Waals surface area contributed by atoms with Gasteiger partial charge in [0, 0.05) is 5.02 Å². The summed E-state index contributed by atoms with van der Waals surface area (Å²) in [4.78, 5) is 23.3. The van der Waals surface area contributed by atoms with Crippen LogP contribution < -0.4 is 5.32 Å². The molecule has 108 valence electrons. The van der Waals surface area contributed by atoms with Crippen LogP contribution in [0.25, 0.3) is 0 Å². The second-order valence-corrected chi connectivity index (χ2v) is 6.34. The minimum absolute atomic E-state index is 0.202. The van der Waals surface area contributed by atoms with Crippen molar-refractivity contribution in [3.63, 3.8) is 0 Å². The van der Waals surface area contributed by atoms with E-state index in [1.165, 1.54) is 0 Å². The van der Waals surface area contributed by atoms with Crippen molar-refractivity contribution in [2.45, 2.75) is 26.8 Å². The van der Waals surface area contributed by atoms with Crippen molar-refractivity contribution < 1.29 is 14.7 Å². The number of amides is 1. The van der Waals surface area contributed by atoms with Crippen LogP contribution in [0.5, 0.6) is 0 Å². The summed E-state index contributed by atoms with van der Waals surface area (Å²) in [6.45, 7) is 5.47. The number of aliphatic carboxylic acids is 1. The monoisotopic (exact) mass is 295 g/mol. The lowest BCUT2D eigenvalue weighted by molar-refractivity contribution is -0.140. The third kappa shape index (κ3) is 2.66. The first kappa shape index (κ1) is 14.9. The number of benzene rings is 1. The Morgan fingerprint density at radius 2 is 2.00 bits per heavy atom. The van der Waals surface area contributed by atoms with E-state index >= 15 is 0 Å². The first-order chi connectivity index (χ1) is 9.25. The molecule has 4 nitrogen and oxygen atoms in total. The average Bonchev–Trinajstić information content (AvgIpc) is 2.92. The van der Waals surface area contributed by atoms with Crippen LogP contribution >= 0.6 is 11.6 Å². The summed E-state index contributed by atoms with van der Waals surface area (Å²) in [5.41, 5.74) is 0.417. The molecule has 1 fully saturated rings. The molecule has 1 amide bonds. The fourth-order valence-corrected chi connectivity index (χ4v) is 2.95. The molecule has 1 unspecified atom stereocenters. The third-order valence-corrected chi connectivity index (χ3v) is 4.32. The van der Waals surface area contributed by atoms with Crippen molar-refractivity contribution in [3.05, 3.63) is 34.9 Å². The van der Waals surface area contributed by atoms with Crippen LogP contribution in [0.2, 0.25) is 5.02 Å². The number of hydrogen-bond acceptors (Lipinski definition) is 2. The molecule has 0 aliphatic heterocycles. The molecule has 2 N–H and O–H groups in total. The summed E-state index contributed by atoms with van der Waals surface area (Å²) in [5, 5.41) is 12.6. The van der Waals surface area contributed by atoms with Gasteiger partial charge in [-0.25, -0.2) is 0 Å². The maximum Gasteiger partial charge on any atom is 0.307 e. The standard InChI is InChI=1S/C15H18ClNO3/c1-8(9-5-4-6-10(16)7-9)17-13(18)11-12(14(19)20)15(11,2)3/h4-8,11-12H,1-3H3,(H,17,18)(H,19,20)/t8?,11-,12+/m1/s1. The van der Waals surface area contributed by atoms with Crippen LogP contribution in [0.3, 0.4) is 0 Å². The molecule has 1 aliphatic rings. The van der Waals surface area contributed by atoms with Crippen LogP contribution in [-0.2, 0) is 9.59 Å². The SMILES string of the molecule is CC(NC(=O)[C@H]1[C@@H](C(=O)O)C1(C)C)c1cccc(Cl)c1. The van der Waals surface area contributed by atoms with Gasteiger partial charge in [0.05, 0.1) is 17.9 Å². The summed E-state index contributed by atoms with van der Waals surface area (Å²) in [7, 11) is 0. The van der Waals surface area contributed by atoms with E-state index in [1.807, 2.05) is 19.1 Å². The molecule has 1 aliphatic carbocycles. The number of carbonyl (C=O) groups is 2. The van der Waals surface area contributed by atoms with E-state index in [1.54, 1.807) is 26.0 Å². The smallest absolute Gasteiger partial charge is 0.307 e. The van der Waals surface area contributed by atoms with Gasteiger partial charge in [0.2, 0.25) is 5.91 Å². The molecule has 0 radical (unpaired) electrons. The molecule has 0 bridgehead atoms. The first-order valence-electron chi connectivity index (χ1n) is 6.53. The van der Waals surface area contributed by atoms with Gasteiger partial charge in [-0.1, -0.05) is 37.6 Å². The van der Waals surface area contributed by atoms with Crippen molar-refractivity contribution in [2.75, 3.05) is 0 Å². The predicted octanol–water partition coefficient (Wildman–Crippen LogP) is 2.87. The van der Waals surface area contributed by atoms with Gasteiger partial charge in [-0.2, -0.15) is 0 Å². The molecule has 0 spiro atoms. The van der Waals surface area contributed by atoms with E-state index < -0.39 is 23.2 Å². The van der Waals surface area contributed by atoms with Crippen molar-refractivity contribution in [1.82, 2.24) is 5.32 Å². The Morgan fingerprint density at radius 1 is 1.35 bits per heavy atom. The molecule has 3 atom stereocenters. The van der Waals surface area contributed by atoms with E-state index in [4.69, 9.17) is 16.7 Å². The van der Waals surface area contributed by atoms with Crippen molar-refractivity contribution in [2.24, 2.45) is 17.3 Å². The number of carboxylic acids is 1. The summed E-state index contributed by atoms with van der Waals surface area (Å²) >= 11 is 5.92. The number of carbonyl (C=O) groups excluding carboxylic acids is 1. The number of nitrogens with one attached hydrogen (secondary N) is 1. The Kier molecular flexibility index (Phi) is 3.78. The van der Waals surface area contributed by atoms with E-state index in [0.717, 1.165) is 5.56 Å². The Morgan fingerprint density at radius 3 is 2.50 bits per heavy atom. The zero-order chi connectivity index (χ0) is 15.1. The molecule has 0 saturated heterocycles. The average molecular weight is 296 g/mol. The number of hydrogen-bond donors (Lipinski definition) is 2. The number of carboxylic acid groups (broad SMARTS) is 1. The van der Waals surface area contributed by atoms with Gasteiger partial charge in [0.25, 0.3) is 0 Å². The Balaban J connectivity index is 2.04. The summed E-state index contributed by atoms with van der Waals surface area (Å²) < 4.78 is 0. The van der Waals surface area contributed by atoms with Crippen LogP contribution in [0.4, 0.5) is 0 Å². The fraction of sp³-hybridized carbons (Fsp3) is 0.467. The molecule has 1 aromatic carbocycles. The van der Waals surface area contributed by atoms with Gasteiger partial charge in [0.15, 0.2) is 0 Å². The van der Waals surface area contributed by atoms with Gasteiger partial charge >= 0.3 is 5.97 Å². The first-order valence-corrected chi connectivity index (χ1v) is 6.91. The second-order valence-electron chi connectivity index (χ2n) is 5.90. The van der Waals surface area contributed by atoms with Gasteiger partial charge in [0.1, 0.15) is 0 Å². The highest BCUT2D eigenvalue weighted by Crippen LogP contribution is 2.58. The highest BCUT2D eigenvalue weighted by molar-refractivity contribution is 6.30. The van der Waals surface area contributed by atoms with Crippen molar-refractivity contribution >= 4 is 23.5 Å². The Labute approximate surface area is 123 Å². The van der Waals surface area contributed by atoms with Crippen molar-refractivity contribution in [1.29, 1.82) is 0 Å². The summed E-state index contributed by atoms with van der Waals surface area (Å²) in [6.07, 6.45) is 0. The normalized spacial score (nSPS) is 24.8. The van der Waals surface area contributed by atoms with E-state index in [-0.39, 0.29) is 11.9 Å². The van der Waals surface area contributed by atoms with Gasteiger partial charge in [-0.3, -0.25) is 9.59 Å². The zero-order valence-corrected chi connectivity index (χ0v) is 12.4. The molecule has 0 aromatic heterocycles. The van der Waals surface area contributed by atoms with Gasteiger partial charge in [-0.15, -0.1) is 0 Å². The van der Waals surface area contributed by atoms with Crippen LogP contribution in [-0.4, -0.2) is 17.0 Å². The number of halogens is 1. The largest absolute Gasteiger partial charge is 0.481 e. The zero-order valence-electron chi connectivity index (χ0n) is 11.7. The Bertz CT molecular complexity index is 556. The molecule has 20 heavy (non-hydrogen) atoms. The lowest BCUT2D eigenvalue weighted by Crippen LogP contribution is -2.30. The lowest BCUT2D eigenvalue weighted by atomic mass is 10.1. The highest BCUT2D eigenvalue weighted by Gasteiger charge is 2.65. The van der Waals surface area contributed by atoms with Gasteiger partial charge in [-0.05, 0) is 30.0 Å². The van der Waals surface area contributed by atoms with Crippen LogP contribution in [0, 0.1) is 17.3 Å². The Hall–Kier alpha value is -1.55. The van der Waals surface area contributed by atoms with E-state index in [9.17, 15) is 9.59 Å².